The van der Waals surface area contributed by atoms with Gasteiger partial charge in [0.2, 0.25) is 0 Å². The van der Waals surface area contributed by atoms with Gasteiger partial charge >= 0.3 is 6.61 Å². The van der Waals surface area contributed by atoms with E-state index >= 15 is 0 Å². The summed E-state index contributed by atoms with van der Waals surface area (Å²) in [6, 6.07) is 9.74. The maximum Gasteiger partial charge on any atom is 0.387 e. The molecular formula is C16H16F2N2O3. The lowest BCUT2D eigenvalue weighted by Gasteiger charge is -2.11. The van der Waals surface area contributed by atoms with Crippen LogP contribution >= 0.6 is 0 Å². The number of pyridine rings is 1. The van der Waals surface area contributed by atoms with Gasteiger partial charge in [-0.15, -0.1) is 0 Å². The summed E-state index contributed by atoms with van der Waals surface area (Å²) in [5, 5.41) is 2.74. The van der Waals surface area contributed by atoms with E-state index in [1.54, 1.807) is 36.5 Å². The molecule has 122 valence electrons. The van der Waals surface area contributed by atoms with Gasteiger partial charge in [0.15, 0.2) is 11.5 Å². The van der Waals surface area contributed by atoms with Gasteiger partial charge in [0, 0.05) is 12.7 Å². The molecule has 0 aliphatic carbocycles. The molecule has 0 radical (unpaired) electrons. The fourth-order valence-electron chi connectivity index (χ4n) is 1.97. The zero-order chi connectivity index (χ0) is 16.7. The van der Waals surface area contributed by atoms with Crippen LogP contribution in [0.4, 0.5) is 8.78 Å². The Balaban J connectivity index is 1.92. The molecule has 5 nitrogen and oxygen atoms in total. The third-order valence-electron chi connectivity index (χ3n) is 3.04. The molecule has 0 aliphatic heterocycles. The number of carbonyl (C=O) groups excluding carboxylic acids is 1. The van der Waals surface area contributed by atoms with Crippen molar-refractivity contribution in [3.63, 3.8) is 0 Å². The molecule has 1 amide bonds. The Morgan fingerprint density at radius 1 is 1.26 bits per heavy atom. The Bertz CT molecular complexity index is 651. The molecule has 2 rings (SSSR count). The topological polar surface area (TPSA) is 60.5 Å². The highest BCUT2D eigenvalue weighted by Crippen LogP contribution is 2.29. The van der Waals surface area contributed by atoms with Gasteiger partial charge in [-0.25, -0.2) is 0 Å². The number of hydrogen-bond acceptors (Lipinski definition) is 4. The summed E-state index contributed by atoms with van der Waals surface area (Å²) < 4.78 is 33.9. The molecular weight excluding hydrogens is 306 g/mol. The van der Waals surface area contributed by atoms with Crippen molar-refractivity contribution in [1.29, 1.82) is 0 Å². The van der Waals surface area contributed by atoms with Gasteiger partial charge in [0.1, 0.15) is 5.69 Å². The summed E-state index contributed by atoms with van der Waals surface area (Å²) in [6.07, 6.45) is 2.06. The molecule has 1 aromatic heterocycles. The number of alkyl halides is 2. The number of rotatable bonds is 7. The maximum absolute atomic E-state index is 12.3. The largest absolute Gasteiger partial charge is 0.493 e. The van der Waals surface area contributed by atoms with Gasteiger partial charge in [0.25, 0.3) is 5.91 Å². The van der Waals surface area contributed by atoms with Crippen LogP contribution in [0.25, 0.3) is 0 Å². The van der Waals surface area contributed by atoms with Crippen molar-refractivity contribution in [1.82, 2.24) is 10.3 Å². The van der Waals surface area contributed by atoms with E-state index in [-0.39, 0.29) is 17.4 Å². The number of nitrogens with one attached hydrogen (secondary N) is 1. The summed E-state index contributed by atoms with van der Waals surface area (Å²) in [5.41, 5.74) is 1.16. The van der Waals surface area contributed by atoms with Crippen molar-refractivity contribution in [2.45, 2.75) is 13.0 Å². The summed E-state index contributed by atoms with van der Waals surface area (Å²) in [4.78, 5) is 15.8. The second-order valence-corrected chi connectivity index (χ2v) is 4.58. The molecule has 0 spiro atoms. The molecule has 0 bridgehead atoms. The Morgan fingerprint density at radius 3 is 2.74 bits per heavy atom. The summed E-state index contributed by atoms with van der Waals surface area (Å²) in [7, 11) is 1.38. The molecule has 7 heteroatoms. The van der Waals surface area contributed by atoms with Crippen LogP contribution in [0.1, 0.15) is 16.1 Å². The van der Waals surface area contributed by atoms with E-state index in [2.05, 4.69) is 15.0 Å². The number of methoxy groups -OCH3 is 1. The lowest BCUT2D eigenvalue weighted by Crippen LogP contribution is -2.26. The number of benzene rings is 1. The summed E-state index contributed by atoms with van der Waals surface area (Å²) in [5.74, 6) is -0.0714. The van der Waals surface area contributed by atoms with E-state index in [0.717, 1.165) is 5.56 Å². The zero-order valence-corrected chi connectivity index (χ0v) is 12.5. The van der Waals surface area contributed by atoms with E-state index in [0.29, 0.717) is 18.7 Å². The SMILES string of the molecule is COc1cc(CCNC(=O)c2ccccn2)ccc1OC(F)F. The third-order valence-corrected chi connectivity index (χ3v) is 3.04. The number of aromatic nitrogens is 1. The van der Waals surface area contributed by atoms with E-state index < -0.39 is 6.61 Å². The predicted octanol–water partition coefficient (Wildman–Crippen LogP) is 2.66. The highest BCUT2D eigenvalue weighted by atomic mass is 19.3. The average molecular weight is 322 g/mol. The monoisotopic (exact) mass is 322 g/mol. The van der Waals surface area contributed by atoms with Crippen molar-refractivity contribution in [3.05, 3.63) is 53.9 Å². The lowest BCUT2D eigenvalue weighted by atomic mass is 10.1. The van der Waals surface area contributed by atoms with Crippen molar-refractivity contribution in [3.8, 4) is 11.5 Å². The minimum absolute atomic E-state index is 0.0243. The highest BCUT2D eigenvalue weighted by molar-refractivity contribution is 5.92. The van der Waals surface area contributed by atoms with Crippen LogP contribution in [0, 0.1) is 0 Å². The standard InChI is InChI=1S/C16H16F2N2O3/c1-22-14-10-11(5-6-13(14)23-16(17)18)7-9-20-15(21)12-4-2-3-8-19-12/h2-6,8,10,16H,7,9H2,1H3,(H,20,21). The van der Waals surface area contributed by atoms with Crippen molar-refractivity contribution in [2.75, 3.05) is 13.7 Å². The molecule has 1 aromatic carbocycles. The molecule has 0 saturated carbocycles. The van der Waals surface area contributed by atoms with Crippen molar-refractivity contribution >= 4 is 5.91 Å². The molecule has 0 atom stereocenters. The lowest BCUT2D eigenvalue weighted by molar-refractivity contribution is -0.0512. The zero-order valence-electron chi connectivity index (χ0n) is 12.5. The first-order chi connectivity index (χ1) is 11.1. The molecule has 0 aliphatic rings. The normalized spacial score (nSPS) is 10.4. The second-order valence-electron chi connectivity index (χ2n) is 4.58. The first-order valence-electron chi connectivity index (χ1n) is 6.91. The van der Waals surface area contributed by atoms with Gasteiger partial charge in [-0.1, -0.05) is 12.1 Å². The molecule has 0 saturated heterocycles. The first-order valence-corrected chi connectivity index (χ1v) is 6.91. The molecule has 2 aromatic rings. The van der Waals surface area contributed by atoms with Gasteiger partial charge in [-0.3, -0.25) is 9.78 Å². The van der Waals surface area contributed by atoms with Gasteiger partial charge in [-0.05, 0) is 36.2 Å². The number of hydrogen-bond donors (Lipinski definition) is 1. The average Bonchev–Trinajstić information content (AvgIpc) is 2.56. The maximum atomic E-state index is 12.3. The number of halogens is 2. The quantitative estimate of drug-likeness (QED) is 0.851. The smallest absolute Gasteiger partial charge is 0.387 e. The predicted molar refractivity (Wildman–Crippen MR) is 79.9 cm³/mol. The Labute approximate surface area is 132 Å². The Kier molecular flexibility index (Phi) is 5.85. The molecule has 1 N–H and O–H groups in total. The molecule has 0 fully saturated rings. The summed E-state index contributed by atoms with van der Waals surface area (Å²) >= 11 is 0. The number of ether oxygens (including phenoxy) is 2. The third kappa shape index (κ3) is 4.91. The number of nitrogens with zero attached hydrogens (tertiary/aromatic N) is 1. The van der Waals surface area contributed by atoms with E-state index in [1.165, 1.54) is 13.2 Å². The summed E-state index contributed by atoms with van der Waals surface area (Å²) in [6.45, 7) is -2.53. The van der Waals surface area contributed by atoms with Crippen LogP contribution in [0.15, 0.2) is 42.6 Å². The van der Waals surface area contributed by atoms with Gasteiger partial charge < -0.3 is 14.8 Å². The van der Waals surface area contributed by atoms with Crippen LogP contribution < -0.4 is 14.8 Å². The van der Waals surface area contributed by atoms with Crippen LogP contribution in [0.3, 0.4) is 0 Å². The highest BCUT2D eigenvalue weighted by Gasteiger charge is 2.11. The number of carbonyl (C=O) groups is 1. The van der Waals surface area contributed by atoms with Crippen LogP contribution in [0.5, 0.6) is 11.5 Å². The first kappa shape index (κ1) is 16.7. The van der Waals surface area contributed by atoms with E-state index in [9.17, 15) is 13.6 Å². The van der Waals surface area contributed by atoms with E-state index in [4.69, 9.17) is 4.74 Å². The molecule has 0 unspecified atom stereocenters. The van der Waals surface area contributed by atoms with Crippen LogP contribution in [-0.2, 0) is 6.42 Å². The van der Waals surface area contributed by atoms with Crippen molar-refractivity contribution in [2.24, 2.45) is 0 Å². The molecule has 23 heavy (non-hydrogen) atoms. The minimum atomic E-state index is -2.91. The minimum Gasteiger partial charge on any atom is -0.493 e. The fraction of sp³-hybridized carbons (Fsp3) is 0.250. The molecule has 1 heterocycles. The van der Waals surface area contributed by atoms with Gasteiger partial charge in [0.05, 0.1) is 7.11 Å². The van der Waals surface area contributed by atoms with Crippen LogP contribution in [0.2, 0.25) is 0 Å². The second kappa shape index (κ2) is 8.07. The van der Waals surface area contributed by atoms with Crippen LogP contribution in [-0.4, -0.2) is 31.2 Å². The Hall–Kier alpha value is -2.70. The van der Waals surface area contributed by atoms with E-state index in [1.807, 2.05) is 0 Å². The van der Waals surface area contributed by atoms with Gasteiger partial charge in [-0.2, -0.15) is 8.78 Å². The van der Waals surface area contributed by atoms with Crippen molar-refractivity contribution < 1.29 is 23.0 Å². The fourth-order valence-corrected chi connectivity index (χ4v) is 1.97. The Morgan fingerprint density at radius 2 is 2.09 bits per heavy atom. The number of amides is 1.